The summed E-state index contributed by atoms with van der Waals surface area (Å²) < 4.78 is 11.5. The minimum Gasteiger partial charge on any atom is -0.424 e. The molecule has 0 aliphatic carbocycles. The number of benzene rings is 3. The molecule has 0 fully saturated rings. The highest BCUT2D eigenvalue weighted by molar-refractivity contribution is 5.81. The quantitative estimate of drug-likeness (QED) is 0.340. The van der Waals surface area contributed by atoms with E-state index in [0.29, 0.717) is 11.5 Å². The van der Waals surface area contributed by atoms with Gasteiger partial charge in [-0.2, -0.15) is 15.1 Å². The normalized spacial score (nSPS) is 10.7. The molecule has 0 spiro atoms. The first kappa shape index (κ1) is 19.1. The molecule has 0 saturated carbocycles. The van der Waals surface area contributed by atoms with Gasteiger partial charge >= 0.3 is 12.0 Å². The number of hydrogen-bond donors (Lipinski definition) is 1. The number of rotatable bonds is 7. The van der Waals surface area contributed by atoms with E-state index in [1.54, 1.807) is 6.21 Å². The zero-order valence-corrected chi connectivity index (χ0v) is 16.3. The molecule has 0 amide bonds. The van der Waals surface area contributed by atoms with Crippen molar-refractivity contribution >= 4 is 12.2 Å². The third-order valence-corrected chi connectivity index (χ3v) is 4.06. The van der Waals surface area contributed by atoms with Crippen molar-refractivity contribution in [1.82, 2.24) is 15.0 Å². The van der Waals surface area contributed by atoms with Crippen molar-refractivity contribution in [3.05, 3.63) is 96.1 Å². The van der Waals surface area contributed by atoms with Crippen LogP contribution in [-0.4, -0.2) is 21.2 Å². The summed E-state index contributed by atoms with van der Waals surface area (Å²) in [7, 11) is 0. The number of aryl methyl sites for hydroxylation is 1. The summed E-state index contributed by atoms with van der Waals surface area (Å²) in [5.41, 5.74) is 4.92. The molecule has 0 bridgehead atoms. The lowest BCUT2D eigenvalue weighted by Gasteiger charge is -2.08. The Kier molecular flexibility index (Phi) is 5.91. The summed E-state index contributed by atoms with van der Waals surface area (Å²) in [6.45, 7) is 2.02. The number of anilines is 1. The van der Waals surface area contributed by atoms with Gasteiger partial charge in [-0.25, -0.2) is 5.43 Å². The van der Waals surface area contributed by atoms with Crippen LogP contribution in [0, 0.1) is 6.92 Å². The second-order valence-corrected chi connectivity index (χ2v) is 6.28. The first-order valence-electron chi connectivity index (χ1n) is 9.33. The summed E-state index contributed by atoms with van der Waals surface area (Å²) in [5.74, 6) is 1.40. The summed E-state index contributed by atoms with van der Waals surface area (Å²) in [6, 6.07) is 26.6. The molecule has 0 aliphatic rings. The SMILES string of the molecule is Cc1ccccc1/C=N/Nc1nc(Oc2ccccc2)nc(Oc2ccccc2)n1. The molecule has 0 aliphatic heterocycles. The number of nitrogens with one attached hydrogen (secondary N) is 1. The number of ether oxygens (including phenoxy) is 2. The van der Waals surface area contributed by atoms with E-state index in [1.165, 1.54) is 0 Å². The summed E-state index contributed by atoms with van der Waals surface area (Å²) in [4.78, 5) is 12.8. The molecule has 7 heteroatoms. The lowest BCUT2D eigenvalue weighted by Crippen LogP contribution is -2.03. The number of para-hydroxylation sites is 2. The van der Waals surface area contributed by atoms with Gasteiger partial charge in [0.2, 0.25) is 0 Å². The number of hydrogen-bond acceptors (Lipinski definition) is 7. The van der Waals surface area contributed by atoms with Gasteiger partial charge in [0.1, 0.15) is 11.5 Å². The van der Waals surface area contributed by atoms with Crippen LogP contribution >= 0.6 is 0 Å². The highest BCUT2D eigenvalue weighted by Crippen LogP contribution is 2.23. The van der Waals surface area contributed by atoms with E-state index in [2.05, 4.69) is 25.5 Å². The van der Waals surface area contributed by atoms with Crippen LogP contribution in [0.25, 0.3) is 0 Å². The Hall–Kier alpha value is -4.26. The average Bonchev–Trinajstić information content (AvgIpc) is 2.76. The van der Waals surface area contributed by atoms with Gasteiger partial charge in [-0.3, -0.25) is 0 Å². The van der Waals surface area contributed by atoms with Crippen LogP contribution < -0.4 is 14.9 Å². The Balaban J connectivity index is 1.58. The van der Waals surface area contributed by atoms with E-state index in [0.717, 1.165) is 11.1 Å². The largest absolute Gasteiger partial charge is 0.424 e. The second kappa shape index (κ2) is 9.29. The van der Waals surface area contributed by atoms with Crippen LogP contribution in [-0.2, 0) is 0 Å². The lowest BCUT2D eigenvalue weighted by atomic mass is 10.1. The minimum atomic E-state index is 0.0933. The molecule has 0 unspecified atom stereocenters. The predicted molar refractivity (Wildman–Crippen MR) is 115 cm³/mol. The highest BCUT2D eigenvalue weighted by Gasteiger charge is 2.10. The maximum atomic E-state index is 5.75. The first-order chi connectivity index (χ1) is 14.8. The van der Waals surface area contributed by atoms with Gasteiger partial charge in [0.05, 0.1) is 6.21 Å². The topological polar surface area (TPSA) is 81.5 Å². The van der Waals surface area contributed by atoms with Crippen molar-refractivity contribution in [2.24, 2.45) is 5.10 Å². The van der Waals surface area contributed by atoms with Crippen LogP contribution in [0.15, 0.2) is 90.0 Å². The van der Waals surface area contributed by atoms with E-state index in [4.69, 9.17) is 9.47 Å². The van der Waals surface area contributed by atoms with Gasteiger partial charge in [-0.1, -0.05) is 60.7 Å². The molecule has 4 rings (SSSR count). The summed E-state index contributed by atoms with van der Waals surface area (Å²) in [6.07, 6.45) is 1.70. The zero-order valence-electron chi connectivity index (χ0n) is 16.3. The Bertz CT molecular complexity index is 1070. The van der Waals surface area contributed by atoms with E-state index >= 15 is 0 Å². The number of aromatic nitrogens is 3. The fourth-order valence-corrected chi connectivity index (χ4v) is 2.56. The van der Waals surface area contributed by atoms with Crippen molar-refractivity contribution in [1.29, 1.82) is 0 Å². The van der Waals surface area contributed by atoms with Crippen molar-refractivity contribution in [3.63, 3.8) is 0 Å². The smallest absolute Gasteiger partial charge is 0.330 e. The molecule has 7 nitrogen and oxygen atoms in total. The molecule has 30 heavy (non-hydrogen) atoms. The Morgan fingerprint density at radius 3 is 1.80 bits per heavy atom. The Morgan fingerprint density at radius 1 is 0.700 bits per heavy atom. The van der Waals surface area contributed by atoms with E-state index in [1.807, 2.05) is 91.9 Å². The van der Waals surface area contributed by atoms with Crippen molar-refractivity contribution < 1.29 is 9.47 Å². The van der Waals surface area contributed by atoms with Crippen molar-refractivity contribution in [2.75, 3.05) is 5.43 Å². The van der Waals surface area contributed by atoms with Gasteiger partial charge in [0.25, 0.3) is 5.95 Å². The third kappa shape index (κ3) is 5.17. The molecular formula is C23H19N5O2. The molecule has 4 aromatic rings. The van der Waals surface area contributed by atoms with Gasteiger partial charge in [-0.15, -0.1) is 4.98 Å². The average molecular weight is 397 g/mol. The van der Waals surface area contributed by atoms with E-state index < -0.39 is 0 Å². The molecule has 148 valence electrons. The molecule has 0 radical (unpaired) electrons. The summed E-state index contributed by atoms with van der Waals surface area (Å²) >= 11 is 0. The molecular weight excluding hydrogens is 378 g/mol. The fraction of sp³-hybridized carbons (Fsp3) is 0.0435. The van der Waals surface area contributed by atoms with Crippen LogP contribution in [0.5, 0.6) is 23.5 Å². The molecule has 3 aromatic carbocycles. The maximum absolute atomic E-state index is 5.75. The first-order valence-corrected chi connectivity index (χ1v) is 9.33. The molecule has 0 saturated heterocycles. The highest BCUT2D eigenvalue weighted by atomic mass is 16.5. The molecule has 1 aromatic heterocycles. The van der Waals surface area contributed by atoms with E-state index in [-0.39, 0.29) is 18.0 Å². The Labute approximate surface area is 174 Å². The fourth-order valence-electron chi connectivity index (χ4n) is 2.56. The van der Waals surface area contributed by atoms with Crippen LogP contribution in [0.4, 0.5) is 5.95 Å². The minimum absolute atomic E-state index is 0.0933. The maximum Gasteiger partial charge on any atom is 0.330 e. The van der Waals surface area contributed by atoms with Crippen molar-refractivity contribution in [2.45, 2.75) is 6.92 Å². The summed E-state index contributed by atoms with van der Waals surface area (Å²) in [5, 5.41) is 4.23. The van der Waals surface area contributed by atoms with Gasteiger partial charge in [-0.05, 0) is 42.3 Å². The van der Waals surface area contributed by atoms with Crippen molar-refractivity contribution in [3.8, 4) is 23.5 Å². The van der Waals surface area contributed by atoms with Gasteiger partial charge in [0, 0.05) is 0 Å². The van der Waals surface area contributed by atoms with Crippen LogP contribution in [0.2, 0.25) is 0 Å². The monoisotopic (exact) mass is 397 g/mol. The second-order valence-electron chi connectivity index (χ2n) is 6.28. The number of hydrazone groups is 1. The third-order valence-electron chi connectivity index (χ3n) is 4.06. The molecule has 0 atom stereocenters. The van der Waals surface area contributed by atoms with Gasteiger partial charge < -0.3 is 9.47 Å². The predicted octanol–water partition coefficient (Wildman–Crippen LogP) is 5.21. The Morgan fingerprint density at radius 2 is 1.23 bits per heavy atom. The van der Waals surface area contributed by atoms with Crippen LogP contribution in [0.3, 0.4) is 0 Å². The van der Waals surface area contributed by atoms with Gasteiger partial charge in [0.15, 0.2) is 0 Å². The zero-order chi connectivity index (χ0) is 20.6. The number of nitrogens with zero attached hydrogens (tertiary/aromatic N) is 4. The van der Waals surface area contributed by atoms with Crippen LogP contribution in [0.1, 0.15) is 11.1 Å². The molecule has 1 heterocycles. The van der Waals surface area contributed by atoms with E-state index in [9.17, 15) is 0 Å². The standard InChI is InChI=1S/C23H19N5O2/c1-17-10-8-9-11-18(17)16-24-28-21-25-22(29-19-12-4-2-5-13-19)27-23(26-21)30-20-14-6-3-7-15-20/h2-16H,1H3,(H,25,26,27,28)/b24-16+. The lowest BCUT2D eigenvalue weighted by molar-refractivity contribution is 0.398. The molecule has 1 N–H and O–H groups in total.